The zero-order valence-corrected chi connectivity index (χ0v) is 7.35. The van der Waals surface area contributed by atoms with Gasteiger partial charge in [-0.25, -0.2) is 0 Å². The van der Waals surface area contributed by atoms with Crippen molar-refractivity contribution in [3.63, 3.8) is 0 Å². The highest BCUT2D eigenvalue weighted by Crippen LogP contribution is 2.06. The molecule has 0 aromatic rings. The lowest BCUT2D eigenvalue weighted by atomic mass is 10.0. The lowest BCUT2D eigenvalue weighted by molar-refractivity contribution is 0.414. The average molecular weight is 144 g/mol. The molecule has 10 heavy (non-hydrogen) atoms. The summed E-state index contributed by atoms with van der Waals surface area (Å²) in [6.45, 7) is 7.27. The second-order valence-electron chi connectivity index (χ2n) is 3.14. The molecule has 0 saturated heterocycles. The van der Waals surface area contributed by atoms with E-state index in [2.05, 4.69) is 26.1 Å². The minimum atomic E-state index is 0.602. The normalized spacial score (nSPS) is 14.1. The third-order valence-corrected chi connectivity index (χ3v) is 1.66. The third kappa shape index (κ3) is 4.77. The van der Waals surface area contributed by atoms with Crippen LogP contribution in [0.5, 0.6) is 0 Å². The van der Waals surface area contributed by atoms with Gasteiger partial charge in [0.25, 0.3) is 0 Å². The fourth-order valence-corrected chi connectivity index (χ4v) is 1.13. The lowest BCUT2D eigenvalue weighted by Gasteiger charge is -2.17. The first-order chi connectivity index (χ1) is 4.70. The molecule has 0 saturated carbocycles. The topological polar surface area (TPSA) is 38.0 Å². The lowest BCUT2D eigenvalue weighted by Crippen LogP contribution is -2.34. The Kier molecular flexibility index (Phi) is 5.64. The average Bonchev–Trinajstić information content (AvgIpc) is 1.86. The summed E-state index contributed by atoms with van der Waals surface area (Å²) in [7, 11) is 0. The van der Waals surface area contributed by atoms with Crippen molar-refractivity contribution in [3.8, 4) is 0 Å². The van der Waals surface area contributed by atoms with Crippen LogP contribution in [-0.4, -0.2) is 12.7 Å². The van der Waals surface area contributed by atoms with Crippen LogP contribution in [-0.2, 0) is 0 Å². The van der Waals surface area contributed by atoms with Crippen molar-refractivity contribution in [3.05, 3.63) is 0 Å². The van der Waals surface area contributed by atoms with Gasteiger partial charge in [-0.05, 0) is 18.8 Å². The maximum absolute atomic E-state index is 5.37. The van der Waals surface area contributed by atoms with Crippen molar-refractivity contribution in [1.82, 2.24) is 5.32 Å². The maximum atomic E-state index is 5.37. The van der Waals surface area contributed by atoms with E-state index < -0.39 is 0 Å². The highest BCUT2D eigenvalue weighted by Gasteiger charge is 2.05. The van der Waals surface area contributed by atoms with Gasteiger partial charge in [-0.1, -0.05) is 20.8 Å². The van der Waals surface area contributed by atoms with E-state index in [1.54, 1.807) is 0 Å². The summed E-state index contributed by atoms with van der Waals surface area (Å²) in [5, 5.41) is 3.24. The van der Waals surface area contributed by atoms with Crippen LogP contribution >= 0.6 is 0 Å². The van der Waals surface area contributed by atoms with Crippen LogP contribution in [0.25, 0.3) is 0 Å². The van der Waals surface area contributed by atoms with Gasteiger partial charge in [-0.2, -0.15) is 0 Å². The second kappa shape index (κ2) is 5.69. The van der Waals surface area contributed by atoms with Gasteiger partial charge in [-0.3, -0.25) is 0 Å². The number of hydrogen-bond donors (Lipinski definition) is 2. The van der Waals surface area contributed by atoms with Crippen LogP contribution in [0.2, 0.25) is 0 Å². The van der Waals surface area contributed by atoms with E-state index in [0.717, 1.165) is 5.92 Å². The molecule has 0 aliphatic heterocycles. The fourth-order valence-electron chi connectivity index (χ4n) is 1.13. The van der Waals surface area contributed by atoms with Gasteiger partial charge in [0.1, 0.15) is 0 Å². The van der Waals surface area contributed by atoms with Gasteiger partial charge >= 0.3 is 0 Å². The van der Waals surface area contributed by atoms with E-state index in [9.17, 15) is 0 Å². The first-order valence-corrected chi connectivity index (χ1v) is 4.14. The summed E-state index contributed by atoms with van der Waals surface area (Å²) in [4.78, 5) is 0. The SMILES string of the molecule is CCC(CC(C)C)NCN. The van der Waals surface area contributed by atoms with Crippen molar-refractivity contribution in [2.75, 3.05) is 6.67 Å². The number of rotatable bonds is 5. The molecule has 0 aromatic carbocycles. The Bertz CT molecular complexity index is 71.7. The summed E-state index contributed by atoms with van der Waals surface area (Å²) in [5.74, 6) is 0.768. The molecule has 0 amide bonds. The van der Waals surface area contributed by atoms with Crippen LogP contribution in [0.15, 0.2) is 0 Å². The van der Waals surface area contributed by atoms with E-state index in [1.807, 2.05) is 0 Å². The van der Waals surface area contributed by atoms with E-state index in [4.69, 9.17) is 5.73 Å². The molecule has 2 heteroatoms. The number of nitrogens with one attached hydrogen (secondary N) is 1. The van der Waals surface area contributed by atoms with Gasteiger partial charge in [0.15, 0.2) is 0 Å². The molecule has 1 unspecified atom stereocenters. The van der Waals surface area contributed by atoms with E-state index in [0.29, 0.717) is 12.7 Å². The standard InChI is InChI=1S/C8H20N2/c1-4-8(10-6-9)5-7(2)3/h7-8,10H,4-6,9H2,1-3H3. The van der Waals surface area contributed by atoms with Crippen molar-refractivity contribution < 1.29 is 0 Å². The van der Waals surface area contributed by atoms with Crippen LogP contribution in [0.1, 0.15) is 33.6 Å². The molecular weight excluding hydrogens is 124 g/mol. The predicted molar refractivity (Wildman–Crippen MR) is 45.7 cm³/mol. The number of hydrogen-bond acceptors (Lipinski definition) is 2. The van der Waals surface area contributed by atoms with Crippen LogP contribution in [0.3, 0.4) is 0 Å². The fraction of sp³-hybridized carbons (Fsp3) is 1.00. The van der Waals surface area contributed by atoms with E-state index in [-0.39, 0.29) is 0 Å². The van der Waals surface area contributed by atoms with E-state index in [1.165, 1.54) is 12.8 Å². The van der Waals surface area contributed by atoms with Crippen LogP contribution in [0, 0.1) is 5.92 Å². The van der Waals surface area contributed by atoms with Crippen molar-refractivity contribution in [1.29, 1.82) is 0 Å². The van der Waals surface area contributed by atoms with Crippen LogP contribution in [0.4, 0.5) is 0 Å². The molecule has 3 N–H and O–H groups in total. The van der Waals surface area contributed by atoms with Crippen molar-refractivity contribution in [2.24, 2.45) is 11.7 Å². The van der Waals surface area contributed by atoms with Crippen LogP contribution < -0.4 is 11.1 Å². The molecule has 0 heterocycles. The monoisotopic (exact) mass is 144 g/mol. The summed E-state index contributed by atoms with van der Waals surface area (Å²) in [6.07, 6.45) is 2.41. The third-order valence-electron chi connectivity index (χ3n) is 1.66. The summed E-state index contributed by atoms with van der Waals surface area (Å²) >= 11 is 0. The first-order valence-electron chi connectivity index (χ1n) is 4.14. The minimum Gasteiger partial charge on any atom is -0.318 e. The summed E-state index contributed by atoms with van der Waals surface area (Å²) in [6, 6.07) is 0.616. The maximum Gasteiger partial charge on any atom is 0.0430 e. The van der Waals surface area contributed by atoms with Crippen molar-refractivity contribution in [2.45, 2.75) is 39.7 Å². The molecule has 0 fully saturated rings. The molecule has 0 bridgehead atoms. The highest BCUT2D eigenvalue weighted by molar-refractivity contribution is 4.64. The molecular formula is C8H20N2. The van der Waals surface area contributed by atoms with Gasteiger partial charge in [0.05, 0.1) is 0 Å². The Labute approximate surface area is 64.2 Å². The Morgan fingerprint density at radius 1 is 1.40 bits per heavy atom. The zero-order chi connectivity index (χ0) is 7.98. The molecule has 2 nitrogen and oxygen atoms in total. The molecule has 0 aliphatic rings. The first kappa shape index (κ1) is 9.92. The van der Waals surface area contributed by atoms with Gasteiger partial charge in [0.2, 0.25) is 0 Å². The molecule has 0 aromatic heterocycles. The van der Waals surface area contributed by atoms with E-state index >= 15 is 0 Å². The Balaban J connectivity index is 3.39. The molecule has 0 spiro atoms. The Morgan fingerprint density at radius 3 is 2.30 bits per heavy atom. The largest absolute Gasteiger partial charge is 0.318 e. The molecule has 62 valence electrons. The molecule has 0 rings (SSSR count). The zero-order valence-electron chi connectivity index (χ0n) is 7.35. The second-order valence-corrected chi connectivity index (χ2v) is 3.14. The summed E-state index contributed by atoms with van der Waals surface area (Å²) in [5.41, 5.74) is 5.37. The minimum absolute atomic E-state index is 0.602. The Morgan fingerprint density at radius 2 is 2.00 bits per heavy atom. The quantitative estimate of drug-likeness (QED) is 0.571. The van der Waals surface area contributed by atoms with Gasteiger partial charge in [-0.15, -0.1) is 0 Å². The molecule has 1 atom stereocenters. The smallest absolute Gasteiger partial charge is 0.0430 e. The predicted octanol–water partition coefficient (Wildman–Crippen LogP) is 1.32. The Hall–Kier alpha value is -0.0800. The molecule has 0 aliphatic carbocycles. The molecule has 0 radical (unpaired) electrons. The highest BCUT2D eigenvalue weighted by atomic mass is 15.0. The van der Waals surface area contributed by atoms with Gasteiger partial charge < -0.3 is 11.1 Å². The summed E-state index contributed by atoms with van der Waals surface area (Å²) < 4.78 is 0. The van der Waals surface area contributed by atoms with Gasteiger partial charge in [0, 0.05) is 12.7 Å². The number of nitrogens with two attached hydrogens (primary N) is 1. The van der Waals surface area contributed by atoms with Crippen molar-refractivity contribution >= 4 is 0 Å².